The molecule has 2 heterocycles. The number of aliphatic hydroxyl groups excluding tert-OH is 2. The van der Waals surface area contributed by atoms with Gasteiger partial charge < -0.3 is 15.1 Å². The number of aliphatic hydroxyl groups is 2. The van der Waals surface area contributed by atoms with Gasteiger partial charge in [-0.3, -0.25) is 9.78 Å². The normalized spacial score (nSPS) is 20.9. The minimum Gasteiger partial charge on any atom is -0.396 e. The molecule has 126 valence electrons. The first-order chi connectivity index (χ1) is 11.6. The number of pyridine rings is 1. The molecule has 1 saturated heterocycles. The van der Waals surface area contributed by atoms with E-state index in [0.717, 1.165) is 11.1 Å². The molecule has 2 atom stereocenters. The Balaban J connectivity index is 1.93. The Hall–Kier alpha value is -2.24. The van der Waals surface area contributed by atoms with Crippen molar-refractivity contribution >= 4 is 5.91 Å². The topological polar surface area (TPSA) is 73.7 Å². The van der Waals surface area contributed by atoms with E-state index in [4.69, 9.17) is 0 Å². The summed E-state index contributed by atoms with van der Waals surface area (Å²) in [5.74, 6) is -0.271. The van der Waals surface area contributed by atoms with Crippen LogP contribution >= 0.6 is 0 Å². The van der Waals surface area contributed by atoms with Crippen LogP contribution in [0.5, 0.6) is 0 Å². The van der Waals surface area contributed by atoms with Crippen molar-refractivity contribution < 1.29 is 15.0 Å². The zero-order valence-corrected chi connectivity index (χ0v) is 13.7. The standard InChI is InChI=1S/C19H22N2O3/c1-13-18(16(7-9-20-13)14-5-3-2-4-6-14)19(24)21-10-8-15(12-22)17(23)11-21/h2-7,9,15,17,22-23H,8,10-12H2,1H3/t15-,17-/m1/s1. The minimum atomic E-state index is -0.690. The van der Waals surface area contributed by atoms with Crippen LogP contribution in [0, 0.1) is 12.8 Å². The SMILES string of the molecule is Cc1nccc(-c2ccccc2)c1C(=O)N1CC[C@H](CO)[C@H](O)C1. The molecule has 0 radical (unpaired) electrons. The van der Waals surface area contributed by atoms with Gasteiger partial charge in [0.1, 0.15) is 0 Å². The van der Waals surface area contributed by atoms with Crippen molar-refractivity contribution in [2.45, 2.75) is 19.4 Å². The molecule has 1 amide bonds. The van der Waals surface area contributed by atoms with Gasteiger partial charge in [-0.25, -0.2) is 0 Å². The zero-order valence-electron chi connectivity index (χ0n) is 13.7. The van der Waals surface area contributed by atoms with Crippen molar-refractivity contribution in [2.75, 3.05) is 19.7 Å². The summed E-state index contributed by atoms with van der Waals surface area (Å²) in [6, 6.07) is 11.6. The number of aromatic nitrogens is 1. The second kappa shape index (κ2) is 7.11. The Labute approximate surface area is 141 Å². The number of hydrogen-bond acceptors (Lipinski definition) is 4. The number of β-amino-alcohol motifs (C(OH)–C–C–N with tert-alkyl or cyclic N) is 1. The van der Waals surface area contributed by atoms with Crippen molar-refractivity contribution in [3.8, 4) is 11.1 Å². The van der Waals surface area contributed by atoms with Gasteiger partial charge in [-0.05, 0) is 30.5 Å². The average Bonchev–Trinajstić information content (AvgIpc) is 2.61. The number of amides is 1. The molecule has 2 N–H and O–H groups in total. The van der Waals surface area contributed by atoms with Crippen molar-refractivity contribution in [1.82, 2.24) is 9.88 Å². The van der Waals surface area contributed by atoms with Crippen molar-refractivity contribution in [3.05, 3.63) is 53.9 Å². The van der Waals surface area contributed by atoms with Gasteiger partial charge in [0.2, 0.25) is 0 Å². The zero-order chi connectivity index (χ0) is 17.1. The highest BCUT2D eigenvalue weighted by Crippen LogP contribution is 2.28. The quantitative estimate of drug-likeness (QED) is 0.903. The molecule has 1 aromatic carbocycles. The van der Waals surface area contributed by atoms with Crippen LogP contribution in [-0.2, 0) is 0 Å². The van der Waals surface area contributed by atoms with E-state index in [1.165, 1.54) is 0 Å². The van der Waals surface area contributed by atoms with Crippen LogP contribution in [0.15, 0.2) is 42.6 Å². The molecule has 1 aliphatic rings. The fourth-order valence-electron chi connectivity index (χ4n) is 3.23. The first-order valence-electron chi connectivity index (χ1n) is 8.21. The number of nitrogens with zero attached hydrogens (tertiary/aromatic N) is 2. The summed E-state index contributed by atoms with van der Waals surface area (Å²) in [6.45, 7) is 2.55. The number of hydrogen-bond donors (Lipinski definition) is 2. The molecule has 0 spiro atoms. The van der Waals surface area contributed by atoms with E-state index in [-0.39, 0.29) is 25.0 Å². The van der Waals surface area contributed by atoms with Crippen LogP contribution in [0.4, 0.5) is 0 Å². The second-order valence-electron chi connectivity index (χ2n) is 6.23. The summed E-state index contributed by atoms with van der Waals surface area (Å²) in [5, 5.41) is 19.4. The number of likely N-dealkylation sites (tertiary alicyclic amines) is 1. The molecule has 5 heteroatoms. The molecular weight excluding hydrogens is 304 g/mol. The Morgan fingerprint density at radius 3 is 2.71 bits per heavy atom. The Morgan fingerprint density at radius 2 is 2.04 bits per heavy atom. The number of carbonyl (C=O) groups is 1. The number of carbonyl (C=O) groups excluding carboxylic acids is 1. The third-order valence-corrected chi connectivity index (χ3v) is 4.68. The lowest BCUT2D eigenvalue weighted by atomic mass is 9.93. The number of benzene rings is 1. The van der Waals surface area contributed by atoms with Gasteiger partial charge in [0.15, 0.2) is 0 Å². The van der Waals surface area contributed by atoms with E-state index in [0.29, 0.717) is 24.2 Å². The predicted octanol–water partition coefficient (Wildman–Crippen LogP) is 1.87. The first-order valence-corrected chi connectivity index (χ1v) is 8.21. The van der Waals surface area contributed by atoms with Crippen LogP contribution < -0.4 is 0 Å². The average molecular weight is 326 g/mol. The molecule has 1 aliphatic heterocycles. The van der Waals surface area contributed by atoms with Crippen LogP contribution in [0.2, 0.25) is 0 Å². The number of aryl methyl sites for hydroxylation is 1. The summed E-state index contributed by atoms with van der Waals surface area (Å²) in [6.07, 6.45) is 1.62. The van der Waals surface area contributed by atoms with Gasteiger partial charge in [0.05, 0.1) is 17.4 Å². The fourth-order valence-corrected chi connectivity index (χ4v) is 3.23. The van der Waals surface area contributed by atoms with E-state index in [2.05, 4.69) is 4.98 Å². The lowest BCUT2D eigenvalue weighted by Gasteiger charge is -2.35. The van der Waals surface area contributed by atoms with Crippen molar-refractivity contribution in [2.24, 2.45) is 5.92 Å². The fraction of sp³-hybridized carbons (Fsp3) is 0.368. The Morgan fingerprint density at radius 1 is 1.29 bits per heavy atom. The maximum atomic E-state index is 13.1. The van der Waals surface area contributed by atoms with E-state index in [1.807, 2.05) is 43.3 Å². The molecule has 1 aromatic heterocycles. The summed E-state index contributed by atoms with van der Waals surface area (Å²) in [4.78, 5) is 19.0. The van der Waals surface area contributed by atoms with Gasteiger partial charge in [-0.1, -0.05) is 30.3 Å². The Kier molecular flexibility index (Phi) is 4.92. The largest absolute Gasteiger partial charge is 0.396 e. The molecule has 0 unspecified atom stereocenters. The van der Waals surface area contributed by atoms with Gasteiger partial charge in [-0.2, -0.15) is 0 Å². The van der Waals surface area contributed by atoms with E-state index in [1.54, 1.807) is 11.1 Å². The van der Waals surface area contributed by atoms with Crippen molar-refractivity contribution in [3.63, 3.8) is 0 Å². The molecule has 0 aliphatic carbocycles. The van der Waals surface area contributed by atoms with Gasteiger partial charge >= 0.3 is 0 Å². The second-order valence-corrected chi connectivity index (χ2v) is 6.23. The van der Waals surface area contributed by atoms with Crippen molar-refractivity contribution in [1.29, 1.82) is 0 Å². The van der Waals surface area contributed by atoms with Crippen LogP contribution in [-0.4, -0.2) is 51.8 Å². The Bertz CT molecular complexity index is 718. The van der Waals surface area contributed by atoms with Gasteiger partial charge in [0.25, 0.3) is 5.91 Å². The molecule has 5 nitrogen and oxygen atoms in total. The molecule has 0 saturated carbocycles. The highest BCUT2D eigenvalue weighted by atomic mass is 16.3. The molecular formula is C19H22N2O3. The van der Waals surface area contributed by atoms with Crippen LogP contribution in [0.25, 0.3) is 11.1 Å². The van der Waals surface area contributed by atoms with E-state index in [9.17, 15) is 15.0 Å². The summed E-state index contributed by atoms with van der Waals surface area (Å²) < 4.78 is 0. The molecule has 3 rings (SSSR count). The summed E-state index contributed by atoms with van der Waals surface area (Å²) in [7, 11) is 0. The monoisotopic (exact) mass is 326 g/mol. The van der Waals surface area contributed by atoms with E-state index < -0.39 is 6.10 Å². The number of piperidine rings is 1. The van der Waals surface area contributed by atoms with Crippen LogP contribution in [0.3, 0.4) is 0 Å². The third-order valence-electron chi connectivity index (χ3n) is 4.68. The number of rotatable bonds is 3. The first kappa shape index (κ1) is 16.6. The molecule has 24 heavy (non-hydrogen) atoms. The lowest BCUT2D eigenvalue weighted by molar-refractivity contribution is 0.000854. The highest BCUT2D eigenvalue weighted by molar-refractivity contribution is 6.01. The lowest BCUT2D eigenvalue weighted by Crippen LogP contribution is -2.47. The smallest absolute Gasteiger partial charge is 0.256 e. The predicted molar refractivity (Wildman–Crippen MR) is 91.5 cm³/mol. The minimum absolute atomic E-state index is 0.0512. The van der Waals surface area contributed by atoms with Gasteiger partial charge in [-0.15, -0.1) is 0 Å². The maximum absolute atomic E-state index is 13.1. The third kappa shape index (κ3) is 3.18. The molecule has 0 bridgehead atoms. The summed E-state index contributed by atoms with van der Waals surface area (Å²) in [5.41, 5.74) is 3.09. The molecule has 2 aromatic rings. The van der Waals surface area contributed by atoms with Crippen LogP contribution in [0.1, 0.15) is 22.5 Å². The van der Waals surface area contributed by atoms with E-state index >= 15 is 0 Å². The molecule has 1 fully saturated rings. The van der Waals surface area contributed by atoms with Gasteiger partial charge in [0, 0.05) is 31.8 Å². The summed E-state index contributed by atoms with van der Waals surface area (Å²) >= 11 is 0. The maximum Gasteiger partial charge on any atom is 0.256 e. The highest BCUT2D eigenvalue weighted by Gasteiger charge is 2.31.